The smallest absolute Gasteiger partial charge is 0.254 e. The highest BCUT2D eigenvalue weighted by molar-refractivity contribution is 9.10. The third-order valence-corrected chi connectivity index (χ3v) is 6.63. The fourth-order valence-corrected chi connectivity index (χ4v) is 4.30. The summed E-state index contributed by atoms with van der Waals surface area (Å²) in [7, 11) is 3.39. The van der Waals surface area contributed by atoms with Gasteiger partial charge in [0.05, 0.1) is 12.7 Å². The van der Waals surface area contributed by atoms with Gasteiger partial charge in [0.1, 0.15) is 19.0 Å². The normalized spacial score (nSPS) is 10.6. The average Bonchev–Trinajstić information content (AvgIpc) is 2.95. The van der Waals surface area contributed by atoms with Crippen molar-refractivity contribution in [2.45, 2.75) is 19.6 Å². The van der Waals surface area contributed by atoms with Crippen molar-refractivity contribution in [3.63, 3.8) is 0 Å². The topological polar surface area (TPSA) is 48.0 Å². The van der Waals surface area contributed by atoms with Crippen LogP contribution < -0.4 is 14.2 Å². The number of ether oxygens (including phenoxy) is 3. The summed E-state index contributed by atoms with van der Waals surface area (Å²) in [6.07, 6.45) is 0.729. The zero-order chi connectivity index (χ0) is 26.0. The van der Waals surface area contributed by atoms with Crippen LogP contribution in [-0.4, -0.2) is 31.5 Å². The molecule has 0 aliphatic rings. The predicted octanol–water partition coefficient (Wildman–Crippen LogP) is 6.93. The van der Waals surface area contributed by atoms with Gasteiger partial charge in [0.25, 0.3) is 5.91 Å². The minimum absolute atomic E-state index is 0.0955. The summed E-state index contributed by atoms with van der Waals surface area (Å²) in [5, 5.41) is 0. The number of carbonyl (C=O) groups excluding carboxylic acids is 1. The van der Waals surface area contributed by atoms with Gasteiger partial charge in [-0.2, -0.15) is 0 Å². The fourth-order valence-electron chi connectivity index (χ4n) is 3.80. The Labute approximate surface area is 226 Å². The molecule has 0 radical (unpaired) electrons. The van der Waals surface area contributed by atoms with E-state index in [9.17, 15) is 4.79 Å². The Bertz CT molecular complexity index is 1290. The van der Waals surface area contributed by atoms with E-state index < -0.39 is 0 Å². The van der Waals surface area contributed by atoms with Crippen LogP contribution in [0.3, 0.4) is 0 Å². The molecular weight excluding hydrogens is 530 g/mol. The zero-order valence-electron chi connectivity index (χ0n) is 21.0. The Hall–Kier alpha value is -3.77. The SMILES string of the molecule is COc1cc(Br)c(C(=O)N(C)CCc2ccc(OCc3ccccc3)cc2)cc1OCc1ccccc1. The highest BCUT2D eigenvalue weighted by Gasteiger charge is 2.19. The number of benzene rings is 4. The highest BCUT2D eigenvalue weighted by atomic mass is 79.9. The summed E-state index contributed by atoms with van der Waals surface area (Å²) in [4.78, 5) is 15.0. The number of carbonyl (C=O) groups is 1. The van der Waals surface area contributed by atoms with Crippen molar-refractivity contribution in [3.8, 4) is 17.2 Å². The van der Waals surface area contributed by atoms with Crippen molar-refractivity contribution < 1.29 is 19.0 Å². The summed E-state index contributed by atoms with van der Waals surface area (Å²) in [5.41, 5.74) is 3.82. The predicted molar refractivity (Wildman–Crippen MR) is 149 cm³/mol. The summed E-state index contributed by atoms with van der Waals surface area (Å²) >= 11 is 3.53. The van der Waals surface area contributed by atoms with Gasteiger partial charge in [0.15, 0.2) is 11.5 Å². The first-order chi connectivity index (χ1) is 18.0. The lowest BCUT2D eigenvalue weighted by atomic mass is 10.1. The second kappa shape index (κ2) is 13.0. The van der Waals surface area contributed by atoms with Crippen molar-refractivity contribution in [1.29, 1.82) is 0 Å². The lowest BCUT2D eigenvalue weighted by Crippen LogP contribution is -2.29. The molecule has 0 aliphatic carbocycles. The molecule has 6 heteroatoms. The van der Waals surface area contributed by atoms with Crippen LogP contribution >= 0.6 is 15.9 Å². The number of hydrogen-bond acceptors (Lipinski definition) is 4. The van der Waals surface area contributed by atoms with Crippen molar-refractivity contribution in [2.75, 3.05) is 20.7 Å². The van der Waals surface area contributed by atoms with E-state index >= 15 is 0 Å². The van der Waals surface area contributed by atoms with E-state index in [-0.39, 0.29) is 5.91 Å². The maximum Gasteiger partial charge on any atom is 0.254 e. The van der Waals surface area contributed by atoms with E-state index in [4.69, 9.17) is 14.2 Å². The molecular formula is C31H30BrNO4. The largest absolute Gasteiger partial charge is 0.493 e. The fraction of sp³-hybridized carbons (Fsp3) is 0.194. The summed E-state index contributed by atoms with van der Waals surface area (Å²) < 4.78 is 18.0. The molecule has 0 saturated heterocycles. The van der Waals surface area contributed by atoms with Crippen LogP contribution in [0.5, 0.6) is 17.2 Å². The standard InChI is InChI=1S/C31H30BrNO4/c1-33(18-17-23-13-15-26(16-14-23)36-21-24-9-5-3-6-10-24)31(34)27-19-30(29(35-2)20-28(27)32)37-22-25-11-7-4-8-12-25/h3-16,19-20H,17-18,21-22H2,1-2H3. The first kappa shape index (κ1) is 26.3. The first-order valence-corrected chi connectivity index (χ1v) is 12.9. The Balaban J connectivity index is 1.35. The van der Waals surface area contributed by atoms with Crippen LogP contribution in [0.4, 0.5) is 0 Å². The third kappa shape index (κ3) is 7.37. The number of halogens is 1. The van der Waals surface area contributed by atoms with Gasteiger partial charge in [0, 0.05) is 18.1 Å². The van der Waals surface area contributed by atoms with E-state index in [0.29, 0.717) is 41.3 Å². The van der Waals surface area contributed by atoms with Crippen LogP contribution in [-0.2, 0) is 19.6 Å². The number of nitrogens with zero attached hydrogens (tertiary/aromatic N) is 1. The molecule has 0 bridgehead atoms. The number of rotatable bonds is 11. The maximum absolute atomic E-state index is 13.3. The Kier molecular flexibility index (Phi) is 9.22. The molecule has 0 unspecified atom stereocenters. The molecule has 4 rings (SSSR count). The quantitative estimate of drug-likeness (QED) is 0.200. The van der Waals surface area contributed by atoms with E-state index in [1.54, 1.807) is 31.2 Å². The van der Waals surface area contributed by atoms with E-state index in [1.807, 2.05) is 84.9 Å². The second-order valence-corrected chi connectivity index (χ2v) is 9.51. The molecule has 0 aliphatic heterocycles. The molecule has 4 aromatic rings. The monoisotopic (exact) mass is 559 g/mol. The molecule has 0 aromatic heterocycles. The molecule has 4 aromatic carbocycles. The van der Waals surface area contributed by atoms with E-state index in [2.05, 4.69) is 15.9 Å². The molecule has 0 spiro atoms. The minimum atomic E-state index is -0.0955. The number of methoxy groups -OCH3 is 1. The number of hydrogen-bond donors (Lipinski definition) is 0. The Morgan fingerprint density at radius 1 is 0.757 bits per heavy atom. The Morgan fingerprint density at radius 2 is 1.35 bits per heavy atom. The number of amides is 1. The van der Waals surface area contributed by atoms with Crippen LogP contribution in [0.25, 0.3) is 0 Å². The van der Waals surface area contributed by atoms with Crippen molar-refractivity contribution in [2.24, 2.45) is 0 Å². The molecule has 190 valence electrons. The first-order valence-electron chi connectivity index (χ1n) is 12.1. The van der Waals surface area contributed by atoms with Gasteiger partial charge >= 0.3 is 0 Å². The van der Waals surface area contributed by atoms with E-state index in [0.717, 1.165) is 28.9 Å². The van der Waals surface area contributed by atoms with Gasteiger partial charge in [-0.25, -0.2) is 0 Å². The van der Waals surface area contributed by atoms with Gasteiger partial charge in [-0.3, -0.25) is 4.79 Å². The van der Waals surface area contributed by atoms with Gasteiger partial charge in [-0.05, 0) is 63.3 Å². The van der Waals surface area contributed by atoms with Crippen molar-refractivity contribution in [1.82, 2.24) is 4.90 Å². The van der Waals surface area contributed by atoms with Crippen LogP contribution in [0, 0.1) is 0 Å². The van der Waals surface area contributed by atoms with Crippen molar-refractivity contribution >= 4 is 21.8 Å². The molecule has 0 heterocycles. The van der Waals surface area contributed by atoms with Crippen LogP contribution in [0.1, 0.15) is 27.0 Å². The molecule has 0 fully saturated rings. The second-order valence-electron chi connectivity index (χ2n) is 8.65. The molecule has 0 N–H and O–H groups in total. The maximum atomic E-state index is 13.3. The van der Waals surface area contributed by atoms with Gasteiger partial charge in [-0.1, -0.05) is 72.8 Å². The summed E-state index contributed by atoms with van der Waals surface area (Å²) in [6, 6.07) is 31.5. The van der Waals surface area contributed by atoms with Gasteiger partial charge in [-0.15, -0.1) is 0 Å². The van der Waals surface area contributed by atoms with Crippen LogP contribution in [0.15, 0.2) is 102 Å². The molecule has 1 amide bonds. The average molecular weight is 560 g/mol. The molecule has 37 heavy (non-hydrogen) atoms. The third-order valence-electron chi connectivity index (χ3n) is 5.98. The van der Waals surface area contributed by atoms with Gasteiger partial charge < -0.3 is 19.1 Å². The van der Waals surface area contributed by atoms with Gasteiger partial charge in [0.2, 0.25) is 0 Å². The summed E-state index contributed by atoms with van der Waals surface area (Å²) in [6.45, 7) is 1.49. The zero-order valence-corrected chi connectivity index (χ0v) is 22.6. The molecule has 0 atom stereocenters. The number of likely N-dealkylation sites (N-methyl/N-ethyl adjacent to an activating group) is 1. The lowest BCUT2D eigenvalue weighted by molar-refractivity contribution is 0.0795. The van der Waals surface area contributed by atoms with Crippen LogP contribution in [0.2, 0.25) is 0 Å². The lowest BCUT2D eigenvalue weighted by Gasteiger charge is -2.20. The highest BCUT2D eigenvalue weighted by Crippen LogP contribution is 2.34. The summed E-state index contributed by atoms with van der Waals surface area (Å²) in [5.74, 6) is 1.82. The van der Waals surface area contributed by atoms with E-state index in [1.165, 1.54) is 0 Å². The minimum Gasteiger partial charge on any atom is -0.493 e. The Morgan fingerprint density at radius 3 is 1.95 bits per heavy atom. The molecule has 5 nitrogen and oxygen atoms in total. The molecule has 0 saturated carbocycles. The van der Waals surface area contributed by atoms with Crippen molar-refractivity contribution in [3.05, 3.63) is 124 Å².